The van der Waals surface area contributed by atoms with Crippen LogP contribution in [0.1, 0.15) is 44.3 Å². The topological polar surface area (TPSA) is 41.9 Å². The molecule has 1 aromatic carbocycles. The van der Waals surface area contributed by atoms with Gasteiger partial charge in [0.1, 0.15) is 5.75 Å². The monoisotopic (exact) mass is 291 g/mol. The number of rotatable bonds is 3. The lowest BCUT2D eigenvalue weighted by molar-refractivity contribution is -0.00890. The zero-order valence-corrected chi connectivity index (χ0v) is 12.9. The minimum Gasteiger partial charge on any atom is -0.496 e. The second-order valence-electron chi connectivity index (χ2n) is 6.02. The smallest absolute Gasteiger partial charge is 0.126 e. The first-order chi connectivity index (χ1) is 10.2. The third-order valence-corrected chi connectivity index (χ3v) is 4.72. The number of anilines is 1. The quantitative estimate of drug-likeness (QED) is 0.930. The van der Waals surface area contributed by atoms with Crippen LogP contribution in [0.3, 0.4) is 0 Å². The van der Waals surface area contributed by atoms with Gasteiger partial charge in [-0.25, -0.2) is 0 Å². The van der Waals surface area contributed by atoms with Crippen molar-refractivity contribution in [3.05, 3.63) is 23.8 Å². The molecular weight excluding hydrogens is 266 g/mol. The van der Waals surface area contributed by atoms with Gasteiger partial charge in [0.05, 0.1) is 32.0 Å². The summed E-state index contributed by atoms with van der Waals surface area (Å²) in [6.07, 6.45) is 4.63. The Hall–Kier alpha value is -1.26. The maximum Gasteiger partial charge on any atom is 0.126 e. The molecule has 0 radical (unpaired) electrons. The molecule has 21 heavy (non-hydrogen) atoms. The number of ether oxygens (including phenoxy) is 2. The molecule has 116 valence electrons. The van der Waals surface area contributed by atoms with Crippen molar-refractivity contribution in [3.8, 4) is 5.75 Å². The number of fused-ring (bicyclic) bond motifs is 1. The molecule has 0 amide bonds. The highest BCUT2D eigenvalue weighted by Crippen LogP contribution is 2.39. The lowest BCUT2D eigenvalue weighted by Crippen LogP contribution is -2.53. The zero-order valence-electron chi connectivity index (χ0n) is 12.9. The van der Waals surface area contributed by atoms with E-state index < -0.39 is 6.10 Å². The van der Waals surface area contributed by atoms with Gasteiger partial charge in [-0.15, -0.1) is 0 Å². The van der Waals surface area contributed by atoms with Crippen molar-refractivity contribution in [1.29, 1.82) is 0 Å². The summed E-state index contributed by atoms with van der Waals surface area (Å²) in [5.41, 5.74) is 2.00. The van der Waals surface area contributed by atoms with Gasteiger partial charge < -0.3 is 19.5 Å². The van der Waals surface area contributed by atoms with E-state index in [0.717, 1.165) is 36.6 Å². The molecule has 1 saturated carbocycles. The van der Waals surface area contributed by atoms with Crippen molar-refractivity contribution in [2.45, 2.75) is 50.9 Å². The van der Waals surface area contributed by atoms with Gasteiger partial charge in [-0.1, -0.05) is 18.9 Å². The molecule has 1 aliphatic carbocycles. The number of morpholine rings is 1. The summed E-state index contributed by atoms with van der Waals surface area (Å²) in [5, 5.41) is 10.2. The van der Waals surface area contributed by atoms with Gasteiger partial charge in [-0.05, 0) is 31.9 Å². The molecule has 1 saturated heterocycles. The summed E-state index contributed by atoms with van der Waals surface area (Å²) in [4.78, 5) is 2.43. The van der Waals surface area contributed by atoms with E-state index in [-0.39, 0.29) is 0 Å². The van der Waals surface area contributed by atoms with Crippen LogP contribution in [0, 0.1) is 0 Å². The Balaban J connectivity index is 1.98. The first-order valence-electron chi connectivity index (χ1n) is 7.95. The predicted octanol–water partition coefficient (Wildman–Crippen LogP) is 2.90. The molecule has 1 heterocycles. The van der Waals surface area contributed by atoms with E-state index in [1.54, 1.807) is 14.0 Å². The van der Waals surface area contributed by atoms with E-state index in [1.165, 1.54) is 19.3 Å². The Labute approximate surface area is 126 Å². The molecule has 2 aliphatic rings. The molecule has 4 nitrogen and oxygen atoms in total. The highest BCUT2D eigenvalue weighted by Gasteiger charge is 2.35. The van der Waals surface area contributed by atoms with Crippen LogP contribution in [-0.2, 0) is 4.74 Å². The fraction of sp³-hybridized carbons (Fsp3) is 0.647. The molecule has 0 spiro atoms. The van der Waals surface area contributed by atoms with Gasteiger partial charge in [0.25, 0.3) is 0 Å². The van der Waals surface area contributed by atoms with Gasteiger partial charge >= 0.3 is 0 Å². The van der Waals surface area contributed by atoms with Crippen LogP contribution in [0.5, 0.6) is 5.75 Å². The van der Waals surface area contributed by atoms with Gasteiger partial charge in [0.2, 0.25) is 0 Å². The molecular formula is C17H25NO3. The first kappa shape index (κ1) is 14.7. The summed E-state index contributed by atoms with van der Waals surface area (Å²) < 4.78 is 11.4. The molecule has 0 aromatic heterocycles. The van der Waals surface area contributed by atoms with Crippen molar-refractivity contribution in [2.75, 3.05) is 25.2 Å². The normalized spacial score (nSPS) is 27.1. The molecule has 4 heteroatoms. The van der Waals surface area contributed by atoms with Gasteiger partial charge in [0.15, 0.2) is 0 Å². The fourth-order valence-corrected chi connectivity index (χ4v) is 3.78. The average molecular weight is 291 g/mol. The number of aliphatic hydroxyl groups is 1. The molecule has 1 aromatic rings. The molecule has 0 bridgehead atoms. The maximum absolute atomic E-state index is 10.2. The third kappa shape index (κ3) is 2.74. The van der Waals surface area contributed by atoms with E-state index in [2.05, 4.69) is 11.0 Å². The predicted molar refractivity (Wildman–Crippen MR) is 83.0 cm³/mol. The van der Waals surface area contributed by atoms with Crippen molar-refractivity contribution in [3.63, 3.8) is 0 Å². The molecule has 2 fully saturated rings. The Kier molecular flexibility index (Phi) is 4.36. The number of nitrogens with zero attached hydrogens (tertiary/aromatic N) is 1. The van der Waals surface area contributed by atoms with Crippen LogP contribution >= 0.6 is 0 Å². The van der Waals surface area contributed by atoms with E-state index in [4.69, 9.17) is 9.47 Å². The molecule has 3 rings (SSSR count). The lowest BCUT2D eigenvalue weighted by Gasteiger charge is -2.46. The van der Waals surface area contributed by atoms with Crippen LogP contribution in [0.15, 0.2) is 18.2 Å². The van der Waals surface area contributed by atoms with Gasteiger partial charge in [-0.3, -0.25) is 0 Å². The SMILES string of the molecule is COc1cccc(N2CCOC3CCCCC32)c1[C@H](C)O. The second kappa shape index (κ2) is 6.24. The summed E-state index contributed by atoms with van der Waals surface area (Å²) in [5.74, 6) is 0.765. The van der Waals surface area contributed by atoms with Crippen LogP contribution in [0.4, 0.5) is 5.69 Å². The highest BCUT2D eigenvalue weighted by atomic mass is 16.5. The Morgan fingerprint density at radius 3 is 2.90 bits per heavy atom. The van der Waals surface area contributed by atoms with Crippen LogP contribution in [0.2, 0.25) is 0 Å². The second-order valence-corrected chi connectivity index (χ2v) is 6.02. The number of hydrogen-bond acceptors (Lipinski definition) is 4. The first-order valence-corrected chi connectivity index (χ1v) is 7.95. The van der Waals surface area contributed by atoms with Crippen LogP contribution < -0.4 is 9.64 Å². The minimum absolute atomic E-state index is 0.334. The van der Waals surface area contributed by atoms with E-state index in [9.17, 15) is 5.11 Å². The fourth-order valence-electron chi connectivity index (χ4n) is 3.78. The van der Waals surface area contributed by atoms with Crippen LogP contribution in [-0.4, -0.2) is 37.5 Å². The lowest BCUT2D eigenvalue weighted by atomic mass is 9.89. The van der Waals surface area contributed by atoms with Gasteiger partial charge in [0, 0.05) is 17.8 Å². The maximum atomic E-state index is 10.2. The third-order valence-electron chi connectivity index (χ3n) is 4.72. The number of aliphatic hydroxyl groups excluding tert-OH is 1. The largest absolute Gasteiger partial charge is 0.496 e. The van der Waals surface area contributed by atoms with Crippen molar-refractivity contribution < 1.29 is 14.6 Å². The number of hydrogen-bond donors (Lipinski definition) is 1. The van der Waals surface area contributed by atoms with Crippen molar-refractivity contribution >= 4 is 5.69 Å². The summed E-state index contributed by atoms with van der Waals surface area (Å²) in [6, 6.07) is 6.45. The number of benzene rings is 1. The highest BCUT2D eigenvalue weighted by molar-refractivity contribution is 5.61. The Morgan fingerprint density at radius 2 is 2.14 bits per heavy atom. The zero-order chi connectivity index (χ0) is 14.8. The molecule has 1 aliphatic heterocycles. The summed E-state index contributed by atoms with van der Waals surface area (Å²) in [7, 11) is 1.66. The molecule has 2 unspecified atom stereocenters. The van der Waals surface area contributed by atoms with E-state index in [1.807, 2.05) is 12.1 Å². The molecule has 1 N–H and O–H groups in total. The number of methoxy groups -OCH3 is 1. The Bertz CT molecular complexity index is 487. The van der Waals surface area contributed by atoms with Crippen molar-refractivity contribution in [1.82, 2.24) is 0 Å². The minimum atomic E-state index is -0.541. The van der Waals surface area contributed by atoms with Crippen LogP contribution in [0.25, 0.3) is 0 Å². The average Bonchev–Trinajstić information content (AvgIpc) is 2.53. The molecule has 3 atom stereocenters. The van der Waals surface area contributed by atoms with E-state index in [0.29, 0.717) is 12.1 Å². The summed E-state index contributed by atoms with van der Waals surface area (Å²) in [6.45, 7) is 3.45. The van der Waals surface area contributed by atoms with Crippen molar-refractivity contribution in [2.24, 2.45) is 0 Å². The Morgan fingerprint density at radius 1 is 1.33 bits per heavy atom. The summed E-state index contributed by atoms with van der Waals surface area (Å²) >= 11 is 0. The standard InChI is InChI=1S/C17H25NO3/c1-12(19)17-14(7-5-9-16(17)20-2)18-10-11-21-15-8-4-3-6-13(15)18/h5,7,9,12-13,15,19H,3-4,6,8,10-11H2,1-2H3/t12-,13?,15?/m0/s1. The van der Waals surface area contributed by atoms with Gasteiger partial charge in [-0.2, -0.15) is 0 Å². The van der Waals surface area contributed by atoms with E-state index >= 15 is 0 Å².